The van der Waals surface area contributed by atoms with Crippen LogP contribution >= 0.6 is 0 Å². The first-order valence-corrected chi connectivity index (χ1v) is 7.58. The molecule has 2 aromatic heterocycles. The number of aryl methyl sites for hydroxylation is 1. The number of benzene rings is 2. The number of nitrogens with zero attached hydrogens (tertiary/aromatic N) is 4. The molecule has 7 heteroatoms. The van der Waals surface area contributed by atoms with E-state index in [-0.39, 0.29) is 11.5 Å². The summed E-state index contributed by atoms with van der Waals surface area (Å²) >= 11 is 0. The number of hydrogen-bond acceptors (Lipinski definition) is 3. The van der Waals surface area contributed by atoms with Crippen LogP contribution in [0.3, 0.4) is 0 Å². The average molecular weight is 336 g/mol. The molecule has 4 rings (SSSR count). The highest BCUT2D eigenvalue weighted by molar-refractivity contribution is 5.68. The van der Waals surface area contributed by atoms with E-state index in [9.17, 15) is 14.5 Å². The summed E-state index contributed by atoms with van der Waals surface area (Å²) in [7, 11) is 1.85. The smallest absolute Gasteiger partial charge is 0.270 e. The molecule has 0 atom stereocenters. The Labute approximate surface area is 141 Å². The molecular formula is C18H13FN4O2. The van der Waals surface area contributed by atoms with Crippen molar-refractivity contribution in [3.8, 4) is 22.5 Å². The van der Waals surface area contributed by atoms with Crippen LogP contribution in [-0.2, 0) is 7.05 Å². The van der Waals surface area contributed by atoms with Gasteiger partial charge in [-0.15, -0.1) is 0 Å². The van der Waals surface area contributed by atoms with E-state index in [0.717, 1.165) is 22.5 Å². The summed E-state index contributed by atoms with van der Waals surface area (Å²) in [5, 5.41) is 11.0. The summed E-state index contributed by atoms with van der Waals surface area (Å²) in [4.78, 5) is 15.1. The number of halogens is 1. The molecule has 25 heavy (non-hydrogen) atoms. The van der Waals surface area contributed by atoms with Gasteiger partial charge in [0.15, 0.2) is 0 Å². The number of non-ortho nitro benzene ring substituents is 1. The second-order valence-corrected chi connectivity index (χ2v) is 5.72. The van der Waals surface area contributed by atoms with Gasteiger partial charge in [0.25, 0.3) is 5.69 Å². The van der Waals surface area contributed by atoms with Gasteiger partial charge in [0.05, 0.1) is 16.3 Å². The molecule has 0 fully saturated rings. The summed E-state index contributed by atoms with van der Waals surface area (Å²) in [6.45, 7) is 0. The van der Waals surface area contributed by atoms with Crippen molar-refractivity contribution in [1.29, 1.82) is 0 Å². The minimum Gasteiger partial charge on any atom is -0.313 e. The van der Waals surface area contributed by atoms with Crippen LogP contribution in [0.25, 0.3) is 28.3 Å². The molecule has 124 valence electrons. The van der Waals surface area contributed by atoms with Gasteiger partial charge in [0.1, 0.15) is 5.82 Å². The number of aromatic nitrogens is 3. The lowest BCUT2D eigenvalue weighted by Crippen LogP contribution is -1.94. The summed E-state index contributed by atoms with van der Waals surface area (Å²) in [5.41, 5.74) is 3.16. The van der Waals surface area contributed by atoms with Crippen molar-refractivity contribution in [2.24, 2.45) is 7.05 Å². The number of fused-ring (bicyclic) bond motifs is 1. The van der Waals surface area contributed by atoms with Crippen molar-refractivity contribution in [2.75, 3.05) is 0 Å². The fourth-order valence-electron chi connectivity index (χ4n) is 2.86. The topological polar surface area (TPSA) is 65.4 Å². The molecular weight excluding hydrogens is 323 g/mol. The summed E-state index contributed by atoms with van der Waals surface area (Å²) in [6.07, 6.45) is 3.72. The van der Waals surface area contributed by atoms with Crippen LogP contribution in [-0.4, -0.2) is 18.9 Å². The SMILES string of the molecule is Cn1c(-c2cccc([N+](=O)[O-])c2)cn2cc(-c3ccc(F)cc3)nc12. The fourth-order valence-corrected chi connectivity index (χ4v) is 2.86. The molecule has 0 N–H and O–H groups in total. The van der Waals surface area contributed by atoms with E-state index in [2.05, 4.69) is 4.98 Å². The monoisotopic (exact) mass is 336 g/mol. The molecule has 0 saturated carbocycles. The number of hydrogen-bond donors (Lipinski definition) is 0. The zero-order chi connectivity index (χ0) is 17.6. The zero-order valence-electron chi connectivity index (χ0n) is 13.3. The average Bonchev–Trinajstić information content (AvgIpc) is 3.15. The molecule has 2 heterocycles. The second kappa shape index (κ2) is 5.55. The third-order valence-electron chi connectivity index (χ3n) is 4.13. The van der Waals surface area contributed by atoms with Crippen molar-refractivity contribution in [1.82, 2.24) is 14.0 Å². The number of nitro groups is 1. The van der Waals surface area contributed by atoms with Gasteiger partial charge in [0.2, 0.25) is 5.78 Å². The standard InChI is InChI=1S/C18H13FN4O2/c1-21-17(13-3-2-4-15(9-13)23(24)25)11-22-10-16(20-18(21)22)12-5-7-14(19)8-6-12/h2-11H,1H3. The number of nitro benzene ring substituents is 1. The minimum atomic E-state index is -0.413. The Morgan fingerprint density at radius 2 is 1.84 bits per heavy atom. The van der Waals surface area contributed by atoms with Crippen LogP contribution in [0.1, 0.15) is 0 Å². The lowest BCUT2D eigenvalue weighted by molar-refractivity contribution is -0.384. The van der Waals surface area contributed by atoms with E-state index in [4.69, 9.17) is 0 Å². The minimum absolute atomic E-state index is 0.0448. The number of imidazole rings is 2. The molecule has 6 nitrogen and oxygen atoms in total. The van der Waals surface area contributed by atoms with Crippen LogP contribution in [0.2, 0.25) is 0 Å². The Morgan fingerprint density at radius 3 is 2.52 bits per heavy atom. The van der Waals surface area contributed by atoms with E-state index in [1.807, 2.05) is 34.5 Å². The van der Waals surface area contributed by atoms with Gasteiger partial charge in [-0.3, -0.25) is 14.5 Å². The molecule has 0 unspecified atom stereocenters. The number of rotatable bonds is 3. The van der Waals surface area contributed by atoms with Crippen LogP contribution in [0, 0.1) is 15.9 Å². The van der Waals surface area contributed by atoms with E-state index in [1.165, 1.54) is 24.3 Å². The fraction of sp³-hybridized carbons (Fsp3) is 0.0556. The largest absolute Gasteiger partial charge is 0.313 e. The Morgan fingerprint density at radius 1 is 1.08 bits per heavy atom. The maximum atomic E-state index is 13.1. The van der Waals surface area contributed by atoms with Crippen molar-refractivity contribution < 1.29 is 9.31 Å². The van der Waals surface area contributed by atoms with E-state index >= 15 is 0 Å². The Bertz CT molecular complexity index is 1100. The molecule has 0 aliphatic rings. The maximum absolute atomic E-state index is 13.1. The Balaban J connectivity index is 1.79. The molecule has 0 spiro atoms. The lowest BCUT2D eigenvalue weighted by Gasteiger charge is -2.02. The summed E-state index contributed by atoms with van der Waals surface area (Å²) in [6, 6.07) is 12.6. The highest BCUT2D eigenvalue weighted by Gasteiger charge is 2.14. The van der Waals surface area contributed by atoms with Crippen LogP contribution in [0.4, 0.5) is 10.1 Å². The molecule has 0 aliphatic carbocycles. The van der Waals surface area contributed by atoms with Crippen molar-refractivity contribution in [3.63, 3.8) is 0 Å². The lowest BCUT2D eigenvalue weighted by atomic mass is 10.1. The highest BCUT2D eigenvalue weighted by Crippen LogP contribution is 2.27. The van der Waals surface area contributed by atoms with Gasteiger partial charge >= 0.3 is 0 Å². The van der Waals surface area contributed by atoms with Crippen LogP contribution in [0.15, 0.2) is 60.9 Å². The molecule has 0 aliphatic heterocycles. The highest BCUT2D eigenvalue weighted by atomic mass is 19.1. The molecule has 0 amide bonds. The quantitative estimate of drug-likeness (QED) is 0.419. The van der Waals surface area contributed by atoms with E-state index in [0.29, 0.717) is 5.78 Å². The normalized spacial score (nSPS) is 11.1. The van der Waals surface area contributed by atoms with Gasteiger partial charge < -0.3 is 4.57 Å². The first-order chi connectivity index (χ1) is 12.0. The predicted molar refractivity (Wildman–Crippen MR) is 91.6 cm³/mol. The van der Waals surface area contributed by atoms with Gasteiger partial charge in [-0.2, -0.15) is 0 Å². The van der Waals surface area contributed by atoms with Crippen molar-refractivity contribution >= 4 is 11.5 Å². The van der Waals surface area contributed by atoms with Gasteiger partial charge in [0, 0.05) is 42.7 Å². The predicted octanol–water partition coefficient (Wildman–Crippen LogP) is 4.05. The first kappa shape index (κ1) is 15.1. The Hall–Kier alpha value is -3.48. The summed E-state index contributed by atoms with van der Waals surface area (Å²) < 4.78 is 16.8. The molecule has 4 aromatic rings. The molecule has 0 radical (unpaired) electrons. The molecule has 2 aromatic carbocycles. The van der Waals surface area contributed by atoms with Crippen molar-refractivity contribution in [3.05, 3.63) is 76.9 Å². The van der Waals surface area contributed by atoms with Crippen LogP contribution in [0.5, 0.6) is 0 Å². The van der Waals surface area contributed by atoms with Gasteiger partial charge in [-0.25, -0.2) is 9.37 Å². The molecule has 0 saturated heterocycles. The maximum Gasteiger partial charge on any atom is 0.270 e. The first-order valence-electron chi connectivity index (χ1n) is 7.58. The van der Waals surface area contributed by atoms with Crippen molar-refractivity contribution in [2.45, 2.75) is 0 Å². The Kier molecular flexibility index (Phi) is 3.35. The van der Waals surface area contributed by atoms with Gasteiger partial charge in [-0.1, -0.05) is 12.1 Å². The third kappa shape index (κ3) is 2.55. The second-order valence-electron chi connectivity index (χ2n) is 5.72. The van der Waals surface area contributed by atoms with E-state index in [1.54, 1.807) is 18.2 Å². The third-order valence-corrected chi connectivity index (χ3v) is 4.13. The van der Waals surface area contributed by atoms with E-state index < -0.39 is 4.92 Å². The van der Waals surface area contributed by atoms with Crippen LogP contribution < -0.4 is 0 Å². The summed E-state index contributed by atoms with van der Waals surface area (Å²) in [5.74, 6) is 0.404. The zero-order valence-corrected chi connectivity index (χ0v) is 13.3. The van der Waals surface area contributed by atoms with Gasteiger partial charge in [-0.05, 0) is 24.3 Å². The molecule has 0 bridgehead atoms.